The molecule has 2 heterocycles. The second kappa shape index (κ2) is 8.90. The highest BCUT2D eigenvalue weighted by molar-refractivity contribution is 5.79. The van der Waals surface area contributed by atoms with E-state index in [0.717, 1.165) is 19.3 Å². The molecule has 0 bridgehead atoms. The van der Waals surface area contributed by atoms with Crippen molar-refractivity contribution in [2.45, 2.75) is 25.3 Å². The van der Waals surface area contributed by atoms with E-state index >= 15 is 0 Å². The molecule has 2 N–H and O–H groups in total. The second-order valence-electron chi connectivity index (χ2n) is 7.24. The lowest BCUT2D eigenvalue weighted by atomic mass is 9.93. The standard InChI is InChI=1S/C23H23FN4O2/c24-17-8-6-7-16(13-17)19-14-26-23(25)27-22(19)20-11-4-5-12-28(20)21(29)15-30-18-9-2-1-3-10-18/h1-3,6-10,13-14,20H,4-5,11-12,15H2,(H2,25,26,27)/t20-/m0/s1. The number of anilines is 1. The van der Waals surface area contributed by atoms with Crippen LogP contribution in [0.5, 0.6) is 5.75 Å². The number of hydrogen-bond donors (Lipinski definition) is 1. The first-order valence-corrected chi connectivity index (χ1v) is 9.97. The molecule has 2 aromatic carbocycles. The van der Waals surface area contributed by atoms with Crippen LogP contribution in [-0.2, 0) is 4.79 Å². The fraction of sp³-hybridized carbons (Fsp3) is 0.261. The number of para-hydroxylation sites is 1. The summed E-state index contributed by atoms with van der Waals surface area (Å²) >= 11 is 0. The van der Waals surface area contributed by atoms with Crippen LogP contribution in [0.1, 0.15) is 31.0 Å². The molecule has 3 aromatic rings. The largest absolute Gasteiger partial charge is 0.484 e. The fourth-order valence-electron chi connectivity index (χ4n) is 3.80. The fourth-order valence-corrected chi connectivity index (χ4v) is 3.80. The normalized spacial score (nSPS) is 16.3. The number of carbonyl (C=O) groups is 1. The Hall–Kier alpha value is -3.48. The van der Waals surface area contributed by atoms with E-state index in [-0.39, 0.29) is 30.3 Å². The lowest BCUT2D eigenvalue weighted by Gasteiger charge is -2.36. The summed E-state index contributed by atoms with van der Waals surface area (Å²) in [6, 6.07) is 15.2. The molecule has 7 heteroatoms. The third-order valence-electron chi connectivity index (χ3n) is 5.22. The van der Waals surface area contributed by atoms with Gasteiger partial charge in [-0.3, -0.25) is 4.79 Å². The molecule has 1 amide bonds. The summed E-state index contributed by atoms with van der Waals surface area (Å²) in [5.74, 6) is 0.309. The highest BCUT2D eigenvalue weighted by Gasteiger charge is 2.31. The third-order valence-corrected chi connectivity index (χ3v) is 5.22. The number of piperidine rings is 1. The van der Waals surface area contributed by atoms with Crippen LogP contribution < -0.4 is 10.5 Å². The molecule has 154 valence electrons. The van der Waals surface area contributed by atoms with Crippen molar-refractivity contribution >= 4 is 11.9 Å². The summed E-state index contributed by atoms with van der Waals surface area (Å²) in [6.07, 6.45) is 4.21. The van der Waals surface area contributed by atoms with Crippen molar-refractivity contribution in [1.29, 1.82) is 0 Å². The van der Waals surface area contributed by atoms with Gasteiger partial charge in [0.1, 0.15) is 11.6 Å². The quantitative estimate of drug-likeness (QED) is 0.693. The average Bonchev–Trinajstić information content (AvgIpc) is 2.78. The Morgan fingerprint density at radius 1 is 1.17 bits per heavy atom. The van der Waals surface area contributed by atoms with E-state index in [2.05, 4.69) is 9.97 Å². The van der Waals surface area contributed by atoms with Crippen LogP contribution in [-0.4, -0.2) is 33.9 Å². The Morgan fingerprint density at radius 2 is 2.00 bits per heavy atom. The maximum absolute atomic E-state index is 13.8. The first-order valence-electron chi connectivity index (χ1n) is 9.97. The number of nitrogen functional groups attached to an aromatic ring is 1. The molecule has 0 saturated carbocycles. The van der Waals surface area contributed by atoms with Crippen molar-refractivity contribution in [1.82, 2.24) is 14.9 Å². The maximum atomic E-state index is 13.8. The number of amides is 1. The number of carbonyl (C=O) groups excluding carboxylic acids is 1. The van der Waals surface area contributed by atoms with Gasteiger partial charge in [-0.2, -0.15) is 0 Å². The van der Waals surface area contributed by atoms with Crippen molar-refractivity contribution in [2.24, 2.45) is 0 Å². The van der Waals surface area contributed by atoms with Crippen molar-refractivity contribution in [3.8, 4) is 16.9 Å². The zero-order valence-electron chi connectivity index (χ0n) is 16.5. The lowest BCUT2D eigenvalue weighted by Crippen LogP contribution is -2.41. The molecule has 0 aliphatic carbocycles. The van der Waals surface area contributed by atoms with E-state index in [1.54, 1.807) is 23.2 Å². The minimum absolute atomic E-state index is 0.0591. The molecule has 1 saturated heterocycles. The van der Waals surface area contributed by atoms with E-state index in [0.29, 0.717) is 29.1 Å². The Labute approximate surface area is 174 Å². The van der Waals surface area contributed by atoms with E-state index in [1.807, 2.05) is 30.3 Å². The molecule has 1 aromatic heterocycles. The zero-order valence-corrected chi connectivity index (χ0v) is 16.5. The van der Waals surface area contributed by atoms with Gasteiger partial charge in [0.25, 0.3) is 5.91 Å². The summed E-state index contributed by atoms with van der Waals surface area (Å²) in [5.41, 5.74) is 7.85. The van der Waals surface area contributed by atoms with Crippen LogP contribution in [0.2, 0.25) is 0 Å². The minimum atomic E-state index is -0.344. The number of likely N-dealkylation sites (tertiary alicyclic amines) is 1. The molecule has 1 aliphatic heterocycles. The van der Waals surface area contributed by atoms with Crippen LogP contribution in [0.25, 0.3) is 11.1 Å². The Balaban J connectivity index is 1.62. The summed E-state index contributed by atoms with van der Waals surface area (Å²) in [6.45, 7) is 0.546. The number of hydrogen-bond acceptors (Lipinski definition) is 5. The average molecular weight is 406 g/mol. The van der Waals surface area contributed by atoms with E-state index < -0.39 is 0 Å². The van der Waals surface area contributed by atoms with Crippen molar-refractivity contribution in [2.75, 3.05) is 18.9 Å². The van der Waals surface area contributed by atoms with Crippen LogP contribution in [0.4, 0.5) is 10.3 Å². The smallest absolute Gasteiger partial charge is 0.261 e. The molecule has 1 aliphatic rings. The first-order chi connectivity index (χ1) is 14.6. The number of aromatic nitrogens is 2. The summed E-state index contributed by atoms with van der Waals surface area (Å²) in [4.78, 5) is 23.4. The molecular weight excluding hydrogens is 383 g/mol. The van der Waals surface area contributed by atoms with Gasteiger partial charge in [0, 0.05) is 18.3 Å². The third kappa shape index (κ3) is 4.40. The number of nitrogens with zero attached hydrogens (tertiary/aromatic N) is 3. The molecule has 1 atom stereocenters. The van der Waals surface area contributed by atoms with Gasteiger partial charge in [0.05, 0.1) is 11.7 Å². The van der Waals surface area contributed by atoms with Gasteiger partial charge in [-0.25, -0.2) is 14.4 Å². The zero-order chi connectivity index (χ0) is 20.9. The Bertz CT molecular complexity index is 1030. The van der Waals surface area contributed by atoms with E-state index in [9.17, 15) is 9.18 Å². The number of ether oxygens (including phenoxy) is 1. The second-order valence-corrected chi connectivity index (χ2v) is 7.24. The number of benzene rings is 2. The number of rotatable bonds is 5. The van der Waals surface area contributed by atoms with Gasteiger partial charge in [-0.05, 0) is 49.1 Å². The van der Waals surface area contributed by atoms with Crippen LogP contribution in [0.3, 0.4) is 0 Å². The molecule has 4 rings (SSSR count). The van der Waals surface area contributed by atoms with Gasteiger partial charge in [0.15, 0.2) is 6.61 Å². The highest BCUT2D eigenvalue weighted by atomic mass is 19.1. The summed E-state index contributed by atoms with van der Waals surface area (Å²) in [7, 11) is 0. The van der Waals surface area contributed by atoms with Crippen molar-refractivity contribution in [3.63, 3.8) is 0 Å². The molecule has 0 radical (unpaired) electrons. The summed E-state index contributed by atoms with van der Waals surface area (Å²) in [5, 5.41) is 0. The topological polar surface area (TPSA) is 81.3 Å². The molecule has 0 spiro atoms. The number of nitrogens with two attached hydrogens (primary N) is 1. The Morgan fingerprint density at radius 3 is 2.80 bits per heavy atom. The van der Waals surface area contributed by atoms with Crippen molar-refractivity contribution < 1.29 is 13.9 Å². The first kappa shape index (κ1) is 19.8. The van der Waals surface area contributed by atoms with Crippen LogP contribution in [0, 0.1) is 5.82 Å². The van der Waals surface area contributed by atoms with Crippen LogP contribution in [0.15, 0.2) is 60.8 Å². The van der Waals surface area contributed by atoms with Gasteiger partial charge < -0.3 is 15.4 Å². The minimum Gasteiger partial charge on any atom is -0.484 e. The van der Waals surface area contributed by atoms with Crippen LogP contribution >= 0.6 is 0 Å². The van der Waals surface area contributed by atoms with Gasteiger partial charge in [-0.1, -0.05) is 30.3 Å². The highest BCUT2D eigenvalue weighted by Crippen LogP contribution is 2.36. The summed E-state index contributed by atoms with van der Waals surface area (Å²) < 4.78 is 19.5. The molecule has 0 unspecified atom stereocenters. The number of halogens is 1. The van der Waals surface area contributed by atoms with E-state index in [1.165, 1.54) is 12.1 Å². The Kier molecular flexibility index (Phi) is 5.88. The molecular formula is C23H23FN4O2. The molecule has 1 fully saturated rings. The maximum Gasteiger partial charge on any atom is 0.261 e. The molecule has 6 nitrogen and oxygen atoms in total. The van der Waals surface area contributed by atoms with Gasteiger partial charge in [0.2, 0.25) is 5.95 Å². The monoisotopic (exact) mass is 406 g/mol. The predicted octanol–water partition coefficient (Wildman–Crippen LogP) is 4.00. The lowest BCUT2D eigenvalue weighted by molar-refractivity contribution is -0.137. The van der Waals surface area contributed by atoms with Gasteiger partial charge in [-0.15, -0.1) is 0 Å². The van der Waals surface area contributed by atoms with Crippen molar-refractivity contribution in [3.05, 3.63) is 72.3 Å². The SMILES string of the molecule is Nc1ncc(-c2cccc(F)c2)c([C@@H]2CCCCN2C(=O)COc2ccccc2)n1. The molecule has 30 heavy (non-hydrogen) atoms. The predicted molar refractivity (Wildman–Crippen MR) is 112 cm³/mol. The van der Waals surface area contributed by atoms with Gasteiger partial charge >= 0.3 is 0 Å². The van der Waals surface area contributed by atoms with E-state index in [4.69, 9.17) is 10.5 Å².